The maximum atomic E-state index is 12.2. The molecule has 19 heavy (non-hydrogen) atoms. The highest BCUT2D eigenvalue weighted by Crippen LogP contribution is 2.17. The van der Waals surface area contributed by atoms with Gasteiger partial charge in [0.25, 0.3) is 10.0 Å². The van der Waals surface area contributed by atoms with E-state index in [-0.39, 0.29) is 11.6 Å². The fourth-order valence-electron chi connectivity index (χ4n) is 2.17. The topological polar surface area (TPSA) is 79.8 Å². The molecule has 0 radical (unpaired) electrons. The summed E-state index contributed by atoms with van der Waals surface area (Å²) >= 11 is 0. The van der Waals surface area contributed by atoms with E-state index in [9.17, 15) is 8.42 Å². The fourth-order valence-corrected chi connectivity index (χ4v) is 3.25. The van der Waals surface area contributed by atoms with Crippen LogP contribution in [0.2, 0.25) is 0 Å². The number of nitrogens with two attached hydrogens (primary N) is 1. The standard InChI is InChI=1S/C12H21N3O3S/c1-14(8-9-15-6-2-3-7-15)19(16,17)12-5-4-11(10-13)18-12/h4-5H,2-3,6-10,13H2,1H3. The Morgan fingerprint density at radius 2 is 2.05 bits per heavy atom. The second-order valence-electron chi connectivity index (χ2n) is 4.80. The Balaban J connectivity index is 1.97. The molecule has 0 aromatic carbocycles. The van der Waals surface area contributed by atoms with Gasteiger partial charge in [0.2, 0.25) is 5.09 Å². The van der Waals surface area contributed by atoms with Gasteiger partial charge < -0.3 is 15.1 Å². The van der Waals surface area contributed by atoms with Gasteiger partial charge in [0.05, 0.1) is 6.54 Å². The van der Waals surface area contributed by atoms with Crippen molar-refractivity contribution < 1.29 is 12.8 Å². The molecule has 0 atom stereocenters. The number of furan rings is 1. The van der Waals surface area contributed by atoms with Gasteiger partial charge >= 0.3 is 0 Å². The Kier molecular flexibility index (Phi) is 4.62. The highest BCUT2D eigenvalue weighted by Gasteiger charge is 2.25. The quantitative estimate of drug-likeness (QED) is 0.822. The Morgan fingerprint density at radius 3 is 2.63 bits per heavy atom. The molecule has 1 aromatic rings. The molecule has 2 heterocycles. The zero-order chi connectivity index (χ0) is 13.9. The van der Waals surface area contributed by atoms with E-state index in [1.54, 1.807) is 13.1 Å². The first-order valence-electron chi connectivity index (χ1n) is 6.51. The van der Waals surface area contributed by atoms with Crippen molar-refractivity contribution in [3.63, 3.8) is 0 Å². The van der Waals surface area contributed by atoms with Crippen LogP contribution in [0.25, 0.3) is 0 Å². The molecule has 7 heteroatoms. The number of hydrogen-bond acceptors (Lipinski definition) is 5. The van der Waals surface area contributed by atoms with Gasteiger partial charge in [-0.2, -0.15) is 4.31 Å². The third kappa shape index (κ3) is 3.36. The lowest BCUT2D eigenvalue weighted by Gasteiger charge is -2.20. The molecule has 6 nitrogen and oxygen atoms in total. The predicted octanol–water partition coefficient (Wildman–Crippen LogP) is 0.455. The SMILES string of the molecule is CN(CCN1CCCC1)S(=O)(=O)c1ccc(CN)o1. The highest BCUT2D eigenvalue weighted by atomic mass is 32.2. The van der Waals surface area contributed by atoms with Crippen molar-refractivity contribution in [2.75, 3.05) is 33.2 Å². The Morgan fingerprint density at radius 1 is 1.37 bits per heavy atom. The molecule has 1 aromatic heterocycles. The zero-order valence-corrected chi connectivity index (χ0v) is 12.0. The molecule has 0 unspecified atom stereocenters. The third-order valence-corrected chi connectivity index (χ3v) is 5.16. The van der Waals surface area contributed by atoms with E-state index in [1.165, 1.54) is 23.2 Å². The van der Waals surface area contributed by atoms with E-state index in [1.807, 2.05) is 0 Å². The van der Waals surface area contributed by atoms with Gasteiger partial charge in [-0.15, -0.1) is 0 Å². The summed E-state index contributed by atoms with van der Waals surface area (Å²) in [6, 6.07) is 3.06. The van der Waals surface area contributed by atoms with Crippen molar-refractivity contribution >= 4 is 10.0 Å². The first-order valence-corrected chi connectivity index (χ1v) is 7.95. The van der Waals surface area contributed by atoms with E-state index < -0.39 is 10.0 Å². The molecule has 0 spiro atoms. The van der Waals surface area contributed by atoms with Crippen LogP contribution in [0.3, 0.4) is 0 Å². The lowest BCUT2D eigenvalue weighted by atomic mass is 10.4. The van der Waals surface area contributed by atoms with Crippen molar-refractivity contribution in [2.45, 2.75) is 24.5 Å². The van der Waals surface area contributed by atoms with Crippen LogP contribution in [0.15, 0.2) is 21.6 Å². The Bertz CT molecular complexity index is 506. The summed E-state index contributed by atoms with van der Waals surface area (Å²) in [4.78, 5) is 2.28. The van der Waals surface area contributed by atoms with Crippen molar-refractivity contribution in [1.82, 2.24) is 9.21 Å². The molecule has 1 aliphatic heterocycles. The van der Waals surface area contributed by atoms with E-state index >= 15 is 0 Å². The Labute approximate surface area is 114 Å². The molecule has 0 saturated carbocycles. The van der Waals surface area contributed by atoms with Crippen molar-refractivity contribution in [3.05, 3.63) is 17.9 Å². The summed E-state index contributed by atoms with van der Waals surface area (Å²) in [7, 11) is -1.96. The first-order chi connectivity index (χ1) is 9.04. The average Bonchev–Trinajstić information content (AvgIpc) is 3.06. The minimum absolute atomic E-state index is 0.0307. The summed E-state index contributed by atoms with van der Waals surface area (Å²) in [5, 5.41) is -0.0307. The fraction of sp³-hybridized carbons (Fsp3) is 0.667. The molecule has 2 rings (SSSR count). The van der Waals surface area contributed by atoms with Gasteiger partial charge in [-0.1, -0.05) is 0 Å². The van der Waals surface area contributed by atoms with Crippen LogP contribution < -0.4 is 5.73 Å². The number of hydrogen-bond donors (Lipinski definition) is 1. The van der Waals surface area contributed by atoms with Gasteiger partial charge in [0.1, 0.15) is 5.76 Å². The number of sulfonamides is 1. The van der Waals surface area contributed by atoms with E-state index in [0.29, 0.717) is 12.3 Å². The van der Waals surface area contributed by atoms with Crippen LogP contribution >= 0.6 is 0 Å². The predicted molar refractivity (Wildman–Crippen MR) is 72.1 cm³/mol. The van der Waals surface area contributed by atoms with Crippen molar-refractivity contribution in [2.24, 2.45) is 5.73 Å². The number of rotatable bonds is 6. The maximum absolute atomic E-state index is 12.2. The van der Waals surface area contributed by atoms with Crippen LogP contribution in [-0.2, 0) is 16.6 Å². The lowest BCUT2D eigenvalue weighted by Crippen LogP contribution is -2.35. The molecule has 1 fully saturated rings. The lowest BCUT2D eigenvalue weighted by molar-refractivity contribution is 0.305. The molecule has 0 aliphatic carbocycles. The molecule has 0 bridgehead atoms. The minimum Gasteiger partial charge on any atom is -0.447 e. The highest BCUT2D eigenvalue weighted by molar-refractivity contribution is 7.89. The monoisotopic (exact) mass is 287 g/mol. The van der Waals surface area contributed by atoms with Gasteiger partial charge in [0.15, 0.2) is 0 Å². The summed E-state index contributed by atoms with van der Waals surface area (Å²) in [5.41, 5.74) is 5.42. The van der Waals surface area contributed by atoms with Crippen molar-refractivity contribution in [3.8, 4) is 0 Å². The summed E-state index contributed by atoms with van der Waals surface area (Å²) < 4.78 is 31.0. The summed E-state index contributed by atoms with van der Waals surface area (Å²) in [6.45, 7) is 3.56. The van der Waals surface area contributed by atoms with Gasteiger partial charge in [-0.05, 0) is 38.1 Å². The van der Waals surface area contributed by atoms with Crippen LogP contribution in [0.4, 0.5) is 0 Å². The summed E-state index contributed by atoms with van der Waals surface area (Å²) in [6.07, 6.45) is 2.41. The maximum Gasteiger partial charge on any atom is 0.276 e. The largest absolute Gasteiger partial charge is 0.447 e. The van der Waals surface area contributed by atoms with Crippen LogP contribution in [0, 0.1) is 0 Å². The molecule has 1 saturated heterocycles. The number of likely N-dealkylation sites (N-methyl/N-ethyl adjacent to an activating group) is 1. The second-order valence-corrected chi connectivity index (χ2v) is 6.78. The Hall–Kier alpha value is -0.890. The first kappa shape index (κ1) is 14.5. The molecule has 1 aliphatic rings. The molecule has 2 N–H and O–H groups in total. The molecule has 108 valence electrons. The van der Waals surface area contributed by atoms with E-state index in [4.69, 9.17) is 10.2 Å². The van der Waals surface area contributed by atoms with E-state index in [0.717, 1.165) is 19.6 Å². The summed E-state index contributed by atoms with van der Waals surface area (Å²) in [5.74, 6) is 0.478. The molecular weight excluding hydrogens is 266 g/mol. The van der Waals surface area contributed by atoms with Crippen LogP contribution in [0.1, 0.15) is 18.6 Å². The van der Waals surface area contributed by atoms with Crippen molar-refractivity contribution in [1.29, 1.82) is 0 Å². The van der Waals surface area contributed by atoms with Gasteiger partial charge in [-0.25, -0.2) is 8.42 Å². The number of nitrogens with zero attached hydrogens (tertiary/aromatic N) is 2. The molecular formula is C12H21N3O3S. The van der Waals surface area contributed by atoms with Crippen LogP contribution in [0.5, 0.6) is 0 Å². The number of likely N-dealkylation sites (tertiary alicyclic amines) is 1. The third-order valence-electron chi connectivity index (χ3n) is 3.43. The minimum atomic E-state index is -3.54. The normalized spacial score (nSPS) is 17.4. The van der Waals surface area contributed by atoms with Crippen LogP contribution in [-0.4, -0.2) is 50.8 Å². The van der Waals surface area contributed by atoms with Gasteiger partial charge in [0, 0.05) is 20.1 Å². The van der Waals surface area contributed by atoms with Gasteiger partial charge in [-0.3, -0.25) is 0 Å². The van der Waals surface area contributed by atoms with E-state index in [2.05, 4.69) is 4.90 Å². The average molecular weight is 287 g/mol. The zero-order valence-electron chi connectivity index (χ0n) is 11.2. The second kappa shape index (κ2) is 6.04. The molecule has 0 amide bonds. The smallest absolute Gasteiger partial charge is 0.276 e.